The van der Waals surface area contributed by atoms with Crippen molar-refractivity contribution in [2.24, 2.45) is 0 Å². The smallest absolute Gasteiger partial charge is 0.319 e. The Morgan fingerprint density at radius 3 is 2.51 bits per heavy atom. The highest BCUT2D eigenvalue weighted by molar-refractivity contribution is 6.01. The van der Waals surface area contributed by atoms with Crippen LogP contribution < -0.4 is 10.2 Å². The van der Waals surface area contributed by atoms with Crippen LogP contribution >= 0.6 is 0 Å². The molecule has 0 spiro atoms. The van der Waals surface area contributed by atoms with E-state index in [-0.39, 0.29) is 24.8 Å². The third kappa shape index (κ3) is 5.17. The fraction of sp³-hybridized carbons (Fsp3) is 0.444. The second-order valence-electron chi connectivity index (χ2n) is 9.61. The maximum absolute atomic E-state index is 14.1. The summed E-state index contributed by atoms with van der Waals surface area (Å²) < 4.78 is 0. The quantitative estimate of drug-likeness (QED) is 0.707. The molecular weight excluding hydrogens is 444 g/mol. The number of likely N-dealkylation sites (tertiary alicyclic amines) is 1. The van der Waals surface area contributed by atoms with Crippen molar-refractivity contribution in [1.82, 2.24) is 15.1 Å². The number of carbonyl (C=O) groups excluding carboxylic acids is 3. The number of benzene rings is 2. The molecule has 0 bridgehead atoms. The minimum Gasteiger partial charge on any atom is -0.391 e. The lowest BCUT2D eigenvalue weighted by Gasteiger charge is -2.32. The number of nitrogens with zero attached hydrogens (tertiary/aromatic N) is 3. The van der Waals surface area contributed by atoms with Gasteiger partial charge in [-0.15, -0.1) is 0 Å². The lowest BCUT2D eigenvalue weighted by atomic mass is 9.99. The molecule has 0 saturated carbocycles. The summed E-state index contributed by atoms with van der Waals surface area (Å²) >= 11 is 0. The number of nitrogens with one attached hydrogen (secondary N) is 1. The first-order chi connectivity index (χ1) is 16.8. The van der Waals surface area contributed by atoms with Crippen LogP contribution in [0.5, 0.6) is 0 Å². The Labute approximate surface area is 206 Å². The van der Waals surface area contributed by atoms with Crippen LogP contribution in [0.15, 0.2) is 48.5 Å². The number of aryl methyl sites for hydroxylation is 2. The van der Waals surface area contributed by atoms with E-state index in [1.165, 1.54) is 9.80 Å². The Kier molecular flexibility index (Phi) is 7.40. The van der Waals surface area contributed by atoms with Gasteiger partial charge >= 0.3 is 6.03 Å². The van der Waals surface area contributed by atoms with E-state index in [0.29, 0.717) is 12.1 Å². The van der Waals surface area contributed by atoms with Crippen LogP contribution in [0.4, 0.5) is 10.5 Å². The highest BCUT2D eigenvalue weighted by Crippen LogP contribution is 2.30. The number of hydrogen-bond acceptors (Lipinski definition) is 4. The molecule has 2 aliphatic heterocycles. The first kappa shape index (κ1) is 24.7. The van der Waals surface area contributed by atoms with Crippen LogP contribution in [0.3, 0.4) is 0 Å². The number of fused-ring (bicyclic) bond motifs is 1. The van der Waals surface area contributed by atoms with Crippen molar-refractivity contribution in [3.63, 3.8) is 0 Å². The van der Waals surface area contributed by atoms with Crippen molar-refractivity contribution in [3.05, 3.63) is 65.2 Å². The molecule has 4 amide bonds. The Morgan fingerprint density at radius 1 is 1.06 bits per heavy atom. The molecule has 2 aromatic rings. The summed E-state index contributed by atoms with van der Waals surface area (Å²) in [6.45, 7) is 2.52. The molecule has 4 rings (SSSR count). The van der Waals surface area contributed by atoms with Crippen LogP contribution in [0, 0.1) is 6.92 Å². The molecule has 1 saturated heterocycles. The van der Waals surface area contributed by atoms with Crippen molar-refractivity contribution in [2.45, 2.75) is 50.8 Å². The fourth-order valence-electron chi connectivity index (χ4n) is 5.04. The van der Waals surface area contributed by atoms with E-state index in [9.17, 15) is 19.5 Å². The van der Waals surface area contributed by atoms with Gasteiger partial charge in [0.15, 0.2) is 0 Å². The molecule has 0 aliphatic carbocycles. The van der Waals surface area contributed by atoms with Crippen molar-refractivity contribution >= 4 is 23.5 Å². The summed E-state index contributed by atoms with van der Waals surface area (Å²) in [5.74, 6) is -0.464. The average molecular weight is 479 g/mol. The lowest BCUT2D eigenvalue weighted by molar-refractivity contribution is -0.132. The summed E-state index contributed by atoms with van der Waals surface area (Å²) in [5.41, 5.74) is 3.59. The number of aliphatic hydroxyl groups excluding tert-OH is 1. The van der Waals surface area contributed by atoms with Gasteiger partial charge in [-0.3, -0.25) is 9.59 Å². The van der Waals surface area contributed by atoms with E-state index in [1.54, 1.807) is 19.0 Å². The molecule has 2 aromatic carbocycles. The van der Waals surface area contributed by atoms with Gasteiger partial charge in [-0.25, -0.2) is 4.79 Å². The summed E-state index contributed by atoms with van der Waals surface area (Å²) in [7, 11) is 3.25. The molecule has 3 atom stereocenters. The SMILES string of the molecule is Cc1ccccc1C(NC(=O)N1C[C@H](O)C[C@H]1C(=O)N(C)C)C(=O)N1CCCCc2ccccc21. The Morgan fingerprint density at radius 2 is 1.77 bits per heavy atom. The molecule has 8 nitrogen and oxygen atoms in total. The number of likely N-dealkylation sites (N-methyl/N-ethyl adjacent to an activating group) is 1. The third-order valence-electron chi connectivity index (χ3n) is 6.91. The molecule has 2 aliphatic rings. The fourth-order valence-corrected chi connectivity index (χ4v) is 5.04. The third-order valence-corrected chi connectivity index (χ3v) is 6.91. The zero-order valence-electron chi connectivity index (χ0n) is 20.6. The minimum atomic E-state index is -0.928. The summed E-state index contributed by atoms with van der Waals surface area (Å²) in [5, 5.41) is 13.2. The Balaban J connectivity index is 1.67. The minimum absolute atomic E-state index is 0.0390. The van der Waals surface area contributed by atoms with E-state index in [0.717, 1.165) is 36.1 Å². The van der Waals surface area contributed by atoms with Crippen LogP contribution in [-0.4, -0.2) is 72.1 Å². The number of β-amino-alcohol motifs (C(OH)–C–C–N with tert-alkyl or cyclic N) is 1. The van der Waals surface area contributed by atoms with Gasteiger partial charge in [0.1, 0.15) is 12.1 Å². The molecule has 186 valence electrons. The summed E-state index contributed by atoms with van der Waals surface area (Å²) in [4.78, 5) is 44.8. The van der Waals surface area contributed by atoms with Crippen LogP contribution in [0.1, 0.15) is 42.0 Å². The van der Waals surface area contributed by atoms with Crippen molar-refractivity contribution in [1.29, 1.82) is 0 Å². The molecule has 2 N–H and O–H groups in total. The van der Waals surface area contributed by atoms with E-state index in [2.05, 4.69) is 5.32 Å². The van der Waals surface area contributed by atoms with Gasteiger partial charge in [0.2, 0.25) is 5.91 Å². The van der Waals surface area contributed by atoms with Gasteiger partial charge in [0.25, 0.3) is 5.91 Å². The van der Waals surface area contributed by atoms with Crippen molar-refractivity contribution < 1.29 is 19.5 Å². The predicted octanol–water partition coefficient (Wildman–Crippen LogP) is 2.64. The van der Waals surface area contributed by atoms with E-state index in [4.69, 9.17) is 0 Å². The highest BCUT2D eigenvalue weighted by atomic mass is 16.3. The first-order valence-corrected chi connectivity index (χ1v) is 12.2. The number of rotatable bonds is 4. The van der Waals surface area contributed by atoms with Crippen molar-refractivity contribution in [2.75, 3.05) is 32.1 Å². The Bertz CT molecular complexity index is 1100. The molecule has 2 heterocycles. The van der Waals surface area contributed by atoms with Gasteiger partial charge in [0, 0.05) is 39.3 Å². The predicted molar refractivity (Wildman–Crippen MR) is 134 cm³/mol. The average Bonchev–Trinajstić information content (AvgIpc) is 3.11. The summed E-state index contributed by atoms with van der Waals surface area (Å²) in [6.07, 6.45) is 2.14. The highest BCUT2D eigenvalue weighted by Gasteiger charge is 2.41. The number of hydrogen-bond donors (Lipinski definition) is 2. The second-order valence-corrected chi connectivity index (χ2v) is 9.61. The first-order valence-electron chi connectivity index (χ1n) is 12.2. The monoisotopic (exact) mass is 478 g/mol. The molecule has 1 fully saturated rings. The van der Waals surface area contributed by atoms with Crippen LogP contribution in [0.2, 0.25) is 0 Å². The van der Waals surface area contributed by atoms with Gasteiger partial charge in [-0.1, -0.05) is 42.5 Å². The molecule has 0 radical (unpaired) electrons. The second kappa shape index (κ2) is 10.5. The molecule has 35 heavy (non-hydrogen) atoms. The molecule has 1 unspecified atom stereocenters. The zero-order chi connectivity index (χ0) is 25.1. The standard InChI is InChI=1S/C27H34N4O4/c1-18-10-4-6-13-21(18)24(26(34)30-15-9-8-12-19-11-5-7-14-22(19)30)28-27(35)31-17-20(32)16-23(31)25(33)29(2)3/h4-7,10-11,13-14,20,23-24,32H,8-9,12,15-17H2,1-3H3,(H,28,35)/t20-,23+,24?/m1/s1. The zero-order valence-corrected chi connectivity index (χ0v) is 20.6. The van der Waals surface area contributed by atoms with Gasteiger partial charge in [0.05, 0.1) is 6.10 Å². The van der Waals surface area contributed by atoms with E-state index in [1.807, 2.05) is 55.5 Å². The summed E-state index contributed by atoms with van der Waals surface area (Å²) in [6, 6.07) is 13.2. The molecule has 8 heteroatoms. The van der Waals surface area contributed by atoms with Gasteiger partial charge < -0.3 is 25.1 Å². The number of aliphatic hydroxyl groups is 1. The van der Waals surface area contributed by atoms with Crippen LogP contribution in [0.25, 0.3) is 0 Å². The number of amides is 4. The largest absolute Gasteiger partial charge is 0.391 e. The van der Waals surface area contributed by atoms with Gasteiger partial charge in [-0.2, -0.15) is 0 Å². The maximum atomic E-state index is 14.1. The van der Waals surface area contributed by atoms with Crippen molar-refractivity contribution in [3.8, 4) is 0 Å². The van der Waals surface area contributed by atoms with Gasteiger partial charge in [-0.05, 0) is 48.9 Å². The van der Waals surface area contributed by atoms with E-state index < -0.39 is 24.2 Å². The number of urea groups is 1. The normalized spacial score (nSPS) is 20.6. The molecule has 0 aromatic heterocycles. The maximum Gasteiger partial charge on any atom is 0.319 e. The van der Waals surface area contributed by atoms with E-state index >= 15 is 0 Å². The number of carbonyl (C=O) groups is 3. The topological polar surface area (TPSA) is 93.2 Å². The molecular formula is C27H34N4O4. The number of para-hydroxylation sites is 1. The lowest BCUT2D eigenvalue weighted by Crippen LogP contribution is -2.52. The van der Waals surface area contributed by atoms with Crippen LogP contribution in [-0.2, 0) is 16.0 Å². The number of anilines is 1. The Hall–Kier alpha value is -3.39.